The van der Waals surface area contributed by atoms with Crippen molar-refractivity contribution in [1.82, 2.24) is 20.0 Å². The monoisotopic (exact) mass is 420 g/mol. The number of hydrogen-bond donors (Lipinski definition) is 1. The van der Waals surface area contributed by atoms with E-state index in [1.54, 1.807) is 11.8 Å². The maximum Gasteiger partial charge on any atom is 0.252 e. The summed E-state index contributed by atoms with van der Waals surface area (Å²) < 4.78 is 7.37. The molecule has 30 heavy (non-hydrogen) atoms. The van der Waals surface area contributed by atoms with E-state index in [0.717, 1.165) is 38.8 Å². The van der Waals surface area contributed by atoms with Gasteiger partial charge < -0.3 is 14.4 Å². The molecule has 2 heterocycles. The number of carbonyl (C=O) groups is 1. The molecule has 0 bridgehead atoms. The fraction of sp³-hybridized carbons (Fsp3) is 0.261. The fourth-order valence-electron chi connectivity index (χ4n) is 3.49. The number of imidazole rings is 1. The second-order valence-corrected chi connectivity index (χ2v) is 8.16. The Labute approximate surface area is 179 Å². The summed E-state index contributed by atoms with van der Waals surface area (Å²) in [5.41, 5.74) is 4.71. The predicted molar refractivity (Wildman–Crippen MR) is 119 cm³/mol. The second-order valence-electron chi connectivity index (χ2n) is 7.14. The van der Waals surface area contributed by atoms with E-state index in [1.165, 1.54) is 0 Å². The zero-order valence-electron chi connectivity index (χ0n) is 17.3. The molecule has 0 fully saturated rings. The van der Waals surface area contributed by atoms with Crippen LogP contribution in [0.1, 0.15) is 33.2 Å². The molecule has 0 atom stereocenters. The Balaban J connectivity index is 1.42. The van der Waals surface area contributed by atoms with Gasteiger partial charge in [0.1, 0.15) is 11.6 Å². The molecular weight excluding hydrogens is 396 g/mol. The molecule has 6 nitrogen and oxygen atoms in total. The molecule has 0 aliphatic rings. The summed E-state index contributed by atoms with van der Waals surface area (Å²) in [4.78, 5) is 18.4. The lowest BCUT2D eigenvalue weighted by Gasteiger charge is -2.11. The first-order valence-corrected chi connectivity index (χ1v) is 10.9. The zero-order chi connectivity index (χ0) is 21.1. The van der Waals surface area contributed by atoms with Crippen LogP contribution < -0.4 is 5.32 Å². The lowest BCUT2D eigenvalue weighted by molar-refractivity contribution is 0.0949. The molecule has 0 radical (unpaired) electrons. The number of nitrogens with one attached hydrogen (secondary N) is 1. The quantitative estimate of drug-likeness (QED) is 0.440. The number of carbonyl (C=O) groups excluding carboxylic acids is 1. The molecule has 2 aromatic carbocycles. The molecule has 0 aliphatic heterocycles. The third-order valence-corrected chi connectivity index (χ3v) is 6.25. The number of benzene rings is 2. The normalized spacial score (nSPS) is 11.2. The minimum absolute atomic E-state index is 0.0704. The van der Waals surface area contributed by atoms with E-state index in [0.29, 0.717) is 24.4 Å². The van der Waals surface area contributed by atoms with Crippen LogP contribution in [0, 0.1) is 20.8 Å². The molecule has 0 saturated heterocycles. The number of amides is 1. The molecule has 0 aliphatic carbocycles. The maximum atomic E-state index is 12.9. The smallest absolute Gasteiger partial charge is 0.252 e. The number of rotatable bonds is 7. The summed E-state index contributed by atoms with van der Waals surface area (Å²) in [7, 11) is 0. The summed E-state index contributed by atoms with van der Waals surface area (Å²) in [5, 5.41) is 7.06. The molecule has 1 N–H and O–H groups in total. The summed E-state index contributed by atoms with van der Waals surface area (Å²) in [6, 6.07) is 15.7. The Kier molecular flexibility index (Phi) is 5.90. The van der Waals surface area contributed by atoms with Gasteiger partial charge in [-0.05, 0) is 45.0 Å². The molecular formula is C23H24N4O2S. The van der Waals surface area contributed by atoms with Gasteiger partial charge >= 0.3 is 0 Å². The first-order chi connectivity index (χ1) is 14.5. The van der Waals surface area contributed by atoms with Gasteiger partial charge in [-0.1, -0.05) is 29.4 Å². The highest BCUT2D eigenvalue weighted by Gasteiger charge is 2.14. The van der Waals surface area contributed by atoms with Crippen molar-refractivity contribution >= 4 is 28.7 Å². The number of aromatic nitrogens is 3. The van der Waals surface area contributed by atoms with E-state index >= 15 is 0 Å². The van der Waals surface area contributed by atoms with Crippen LogP contribution in [0.25, 0.3) is 11.0 Å². The Morgan fingerprint density at radius 1 is 1.10 bits per heavy atom. The number of hydrogen-bond acceptors (Lipinski definition) is 5. The Morgan fingerprint density at radius 3 is 2.67 bits per heavy atom. The van der Waals surface area contributed by atoms with E-state index in [9.17, 15) is 4.79 Å². The van der Waals surface area contributed by atoms with Gasteiger partial charge in [0.05, 0.1) is 22.3 Å². The number of thioether (sulfide) groups is 1. The Hall–Kier alpha value is -3.06. The molecule has 4 rings (SSSR count). The van der Waals surface area contributed by atoms with Gasteiger partial charge in [0.2, 0.25) is 0 Å². The van der Waals surface area contributed by atoms with Crippen molar-refractivity contribution in [3.63, 3.8) is 0 Å². The van der Waals surface area contributed by atoms with Crippen LogP contribution in [-0.4, -0.2) is 27.2 Å². The lowest BCUT2D eigenvalue weighted by Crippen LogP contribution is -2.27. The van der Waals surface area contributed by atoms with E-state index < -0.39 is 0 Å². The first-order valence-electron chi connectivity index (χ1n) is 9.88. The Bertz CT molecular complexity index is 1180. The van der Waals surface area contributed by atoms with Crippen molar-refractivity contribution in [3.05, 3.63) is 76.9 Å². The van der Waals surface area contributed by atoms with Gasteiger partial charge in [-0.25, -0.2) is 4.98 Å². The summed E-state index contributed by atoms with van der Waals surface area (Å²) in [6.45, 7) is 7.04. The highest BCUT2D eigenvalue weighted by molar-refractivity contribution is 7.98. The van der Waals surface area contributed by atoms with Crippen molar-refractivity contribution in [2.75, 3.05) is 6.54 Å². The molecule has 7 heteroatoms. The van der Waals surface area contributed by atoms with Crippen LogP contribution >= 0.6 is 11.8 Å². The molecule has 154 valence electrons. The van der Waals surface area contributed by atoms with Crippen LogP contribution in [0.5, 0.6) is 0 Å². The van der Waals surface area contributed by atoms with Gasteiger partial charge in [-0.3, -0.25) is 4.79 Å². The van der Waals surface area contributed by atoms with Crippen LogP contribution in [-0.2, 0) is 12.3 Å². The minimum Gasteiger partial charge on any atom is -0.361 e. The SMILES string of the molecule is Cc1noc(C)c1CSc1ccccc1C(=O)NCCn1c(C)nc2ccccc21. The molecule has 0 unspecified atom stereocenters. The largest absolute Gasteiger partial charge is 0.361 e. The third-order valence-electron chi connectivity index (χ3n) is 5.15. The lowest BCUT2D eigenvalue weighted by atomic mass is 10.2. The Morgan fingerprint density at radius 2 is 1.87 bits per heavy atom. The highest BCUT2D eigenvalue weighted by atomic mass is 32.2. The average Bonchev–Trinajstić information content (AvgIpc) is 3.24. The van der Waals surface area contributed by atoms with Crippen molar-refractivity contribution in [2.24, 2.45) is 0 Å². The van der Waals surface area contributed by atoms with Crippen molar-refractivity contribution in [2.45, 2.75) is 38.0 Å². The van der Waals surface area contributed by atoms with Gasteiger partial charge in [0.25, 0.3) is 5.91 Å². The van der Waals surface area contributed by atoms with Crippen molar-refractivity contribution in [3.8, 4) is 0 Å². The van der Waals surface area contributed by atoms with Gasteiger partial charge in [0, 0.05) is 29.3 Å². The van der Waals surface area contributed by atoms with Gasteiger partial charge in [-0.2, -0.15) is 0 Å². The zero-order valence-corrected chi connectivity index (χ0v) is 18.1. The maximum absolute atomic E-state index is 12.9. The van der Waals surface area contributed by atoms with Crippen LogP contribution in [0.3, 0.4) is 0 Å². The average molecular weight is 421 g/mol. The van der Waals surface area contributed by atoms with E-state index in [2.05, 4.69) is 26.1 Å². The van der Waals surface area contributed by atoms with Crippen LogP contribution in [0.2, 0.25) is 0 Å². The summed E-state index contributed by atoms with van der Waals surface area (Å²) in [6.07, 6.45) is 0. The standard InChI is InChI=1S/C23H24N4O2S/c1-15-19(16(2)29-26-15)14-30-22-11-7-4-8-18(22)23(28)24-12-13-27-17(3)25-20-9-5-6-10-21(20)27/h4-11H,12-14H2,1-3H3,(H,24,28). The van der Waals surface area contributed by atoms with Crippen LogP contribution in [0.15, 0.2) is 57.9 Å². The fourth-order valence-corrected chi connectivity index (χ4v) is 4.70. The van der Waals surface area contributed by atoms with Crippen LogP contribution in [0.4, 0.5) is 0 Å². The summed E-state index contributed by atoms with van der Waals surface area (Å²) >= 11 is 1.62. The third kappa shape index (κ3) is 4.11. The molecule has 0 spiro atoms. The first kappa shape index (κ1) is 20.2. The highest BCUT2D eigenvalue weighted by Crippen LogP contribution is 2.28. The number of para-hydroxylation sites is 2. The molecule has 4 aromatic rings. The number of nitrogens with zero attached hydrogens (tertiary/aromatic N) is 3. The van der Waals surface area contributed by atoms with E-state index in [4.69, 9.17) is 4.52 Å². The minimum atomic E-state index is -0.0704. The molecule has 0 saturated carbocycles. The molecule has 1 amide bonds. The van der Waals surface area contributed by atoms with Crippen molar-refractivity contribution < 1.29 is 9.32 Å². The number of fused-ring (bicyclic) bond motifs is 1. The van der Waals surface area contributed by atoms with E-state index in [1.807, 2.05) is 63.2 Å². The van der Waals surface area contributed by atoms with E-state index in [-0.39, 0.29) is 5.91 Å². The van der Waals surface area contributed by atoms with Gasteiger partial charge in [-0.15, -0.1) is 11.8 Å². The predicted octanol–water partition coefficient (Wildman–Crippen LogP) is 4.67. The van der Waals surface area contributed by atoms with Gasteiger partial charge in [0.15, 0.2) is 0 Å². The second kappa shape index (κ2) is 8.75. The topological polar surface area (TPSA) is 73.0 Å². The molecule has 2 aromatic heterocycles. The number of aryl methyl sites for hydroxylation is 3. The summed E-state index contributed by atoms with van der Waals surface area (Å²) in [5.74, 6) is 2.41. The van der Waals surface area contributed by atoms with Crippen molar-refractivity contribution in [1.29, 1.82) is 0 Å².